The number of hydrogen-bond acceptors (Lipinski definition) is 4. The van der Waals surface area contributed by atoms with Crippen LogP contribution in [0.25, 0.3) is 0 Å². The van der Waals surface area contributed by atoms with Crippen molar-refractivity contribution < 1.29 is 19.0 Å². The molecule has 0 saturated heterocycles. The number of rotatable bonds is 11. The van der Waals surface area contributed by atoms with Crippen molar-refractivity contribution in [3.63, 3.8) is 0 Å². The summed E-state index contributed by atoms with van der Waals surface area (Å²) in [6.45, 7) is 11.2. The topological polar surface area (TPSA) is 44.8 Å². The Morgan fingerprint density at radius 2 is 1.78 bits per heavy atom. The average Bonchev–Trinajstić information content (AvgIpc) is 3.28. The monoisotopic (exact) mass is 382 g/mol. The third-order valence-corrected chi connectivity index (χ3v) is 7.05. The zero-order valence-electron chi connectivity index (χ0n) is 18.3. The molecule has 0 radical (unpaired) electrons. The van der Waals surface area contributed by atoms with Gasteiger partial charge in [-0.15, -0.1) is 0 Å². The van der Waals surface area contributed by atoms with Gasteiger partial charge in [0.15, 0.2) is 6.29 Å². The quantitative estimate of drug-likeness (QED) is 0.331. The Labute approximate surface area is 166 Å². The molecule has 0 aliphatic heterocycles. The van der Waals surface area contributed by atoms with Crippen LogP contribution < -0.4 is 0 Å². The van der Waals surface area contributed by atoms with E-state index in [-0.39, 0.29) is 24.0 Å². The van der Waals surface area contributed by atoms with E-state index in [4.69, 9.17) is 14.2 Å². The minimum Gasteiger partial charge on any atom is -0.459 e. The van der Waals surface area contributed by atoms with E-state index in [9.17, 15) is 4.79 Å². The third kappa shape index (κ3) is 6.19. The van der Waals surface area contributed by atoms with Crippen LogP contribution >= 0.6 is 0 Å². The molecule has 4 nitrogen and oxygen atoms in total. The van der Waals surface area contributed by atoms with E-state index in [1.807, 2.05) is 13.8 Å². The van der Waals surface area contributed by atoms with Crippen LogP contribution in [-0.2, 0) is 19.0 Å². The van der Waals surface area contributed by atoms with Gasteiger partial charge in [0.1, 0.15) is 5.60 Å². The first-order chi connectivity index (χ1) is 13.0. The summed E-state index contributed by atoms with van der Waals surface area (Å²) in [6, 6.07) is 0. The fourth-order valence-electron chi connectivity index (χ4n) is 5.35. The standard InChI is InChI=1S/C23H42O4/c1-6-18-14-19(7-2)20(15-18)21(26-17(5)25-9-4)16-22(24)27-23(8-3)12-10-11-13-23/h17-21H,6-16H2,1-5H3. The van der Waals surface area contributed by atoms with Crippen molar-refractivity contribution in [3.8, 4) is 0 Å². The second-order valence-electron chi connectivity index (χ2n) is 8.70. The van der Waals surface area contributed by atoms with E-state index in [1.54, 1.807) is 0 Å². The van der Waals surface area contributed by atoms with Crippen LogP contribution in [0.1, 0.15) is 98.8 Å². The maximum atomic E-state index is 12.9. The van der Waals surface area contributed by atoms with Crippen LogP contribution in [0.5, 0.6) is 0 Å². The lowest BCUT2D eigenvalue weighted by Gasteiger charge is -2.32. The van der Waals surface area contributed by atoms with Gasteiger partial charge >= 0.3 is 5.97 Å². The number of hydrogen-bond donors (Lipinski definition) is 0. The lowest BCUT2D eigenvalue weighted by atomic mass is 9.87. The molecule has 2 rings (SSSR count). The molecule has 0 aromatic heterocycles. The molecule has 0 spiro atoms. The van der Waals surface area contributed by atoms with E-state index in [0.717, 1.165) is 38.0 Å². The summed E-state index contributed by atoms with van der Waals surface area (Å²) in [5.74, 6) is 1.73. The molecule has 2 aliphatic carbocycles. The Bertz CT molecular complexity index is 444. The van der Waals surface area contributed by atoms with E-state index in [0.29, 0.717) is 24.9 Å². The number of esters is 1. The number of carbonyl (C=O) groups excluding carboxylic acids is 1. The molecule has 5 atom stereocenters. The summed E-state index contributed by atoms with van der Waals surface area (Å²) in [5.41, 5.74) is -0.223. The van der Waals surface area contributed by atoms with Crippen molar-refractivity contribution in [2.75, 3.05) is 6.61 Å². The van der Waals surface area contributed by atoms with Gasteiger partial charge in [0.05, 0.1) is 12.5 Å². The van der Waals surface area contributed by atoms with Crippen LogP contribution in [0.2, 0.25) is 0 Å². The average molecular weight is 383 g/mol. The van der Waals surface area contributed by atoms with Gasteiger partial charge in [0.25, 0.3) is 0 Å². The maximum Gasteiger partial charge on any atom is 0.308 e. The van der Waals surface area contributed by atoms with E-state index >= 15 is 0 Å². The Kier molecular flexibility index (Phi) is 9.07. The summed E-state index contributed by atoms with van der Waals surface area (Å²) < 4.78 is 18.0. The summed E-state index contributed by atoms with van der Waals surface area (Å²) in [7, 11) is 0. The molecule has 2 saturated carbocycles. The molecular formula is C23H42O4. The van der Waals surface area contributed by atoms with Crippen LogP contribution in [0.15, 0.2) is 0 Å². The van der Waals surface area contributed by atoms with E-state index < -0.39 is 0 Å². The first-order valence-corrected chi connectivity index (χ1v) is 11.5. The predicted octanol–water partition coefficient (Wildman–Crippen LogP) is 5.87. The Morgan fingerprint density at radius 1 is 1.07 bits per heavy atom. The maximum absolute atomic E-state index is 12.9. The summed E-state index contributed by atoms with van der Waals surface area (Å²) >= 11 is 0. The van der Waals surface area contributed by atoms with Gasteiger partial charge in [0.2, 0.25) is 0 Å². The van der Waals surface area contributed by atoms with Crippen molar-refractivity contribution in [1.82, 2.24) is 0 Å². The predicted molar refractivity (Wildman–Crippen MR) is 108 cm³/mol. The van der Waals surface area contributed by atoms with Gasteiger partial charge in [0, 0.05) is 6.61 Å². The first-order valence-electron chi connectivity index (χ1n) is 11.5. The molecule has 0 N–H and O–H groups in total. The van der Waals surface area contributed by atoms with Gasteiger partial charge in [-0.1, -0.05) is 33.6 Å². The highest BCUT2D eigenvalue weighted by Crippen LogP contribution is 2.44. The fraction of sp³-hybridized carbons (Fsp3) is 0.957. The highest BCUT2D eigenvalue weighted by molar-refractivity contribution is 5.70. The van der Waals surface area contributed by atoms with E-state index in [1.165, 1.54) is 25.7 Å². The number of ether oxygens (including phenoxy) is 3. The highest BCUT2D eigenvalue weighted by atomic mass is 16.7. The van der Waals surface area contributed by atoms with Gasteiger partial charge < -0.3 is 14.2 Å². The minimum atomic E-state index is -0.280. The summed E-state index contributed by atoms with van der Waals surface area (Å²) in [6.07, 6.45) is 10.0. The molecule has 0 aromatic carbocycles. The molecule has 0 heterocycles. The second-order valence-corrected chi connectivity index (χ2v) is 8.70. The molecule has 27 heavy (non-hydrogen) atoms. The Hall–Kier alpha value is -0.610. The normalized spacial score (nSPS) is 29.6. The smallest absolute Gasteiger partial charge is 0.308 e. The summed E-state index contributed by atoms with van der Waals surface area (Å²) in [4.78, 5) is 12.9. The second kappa shape index (κ2) is 10.8. The first kappa shape index (κ1) is 22.7. The molecule has 5 unspecified atom stereocenters. The fourth-order valence-corrected chi connectivity index (χ4v) is 5.35. The minimum absolute atomic E-state index is 0.0813. The van der Waals surface area contributed by atoms with Crippen molar-refractivity contribution in [3.05, 3.63) is 0 Å². The molecule has 158 valence electrons. The van der Waals surface area contributed by atoms with Gasteiger partial charge in [-0.25, -0.2) is 0 Å². The molecule has 0 amide bonds. The number of carbonyl (C=O) groups is 1. The summed E-state index contributed by atoms with van der Waals surface area (Å²) in [5, 5.41) is 0. The Morgan fingerprint density at radius 3 is 2.33 bits per heavy atom. The van der Waals surface area contributed by atoms with Crippen molar-refractivity contribution in [2.45, 2.75) is 117 Å². The lowest BCUT2D eigenvalue weighted by molar-refractivity contribution is -0.187. The molecule has 4 heteroatoms. The van der Waals surface area contributed by atoms with Crippen LogP contribution in [0.4, 0.5) is 0 Å². The Balaban J connectivity index is 2.06. The van der Waals surface area contributed by atoms with E-state index in [2.05, 4.69) is 20.8 Å². The SMILES string of the molecule is CCOC(C)OC(CC(=O)OC1(CC)CCCC1)C1CC(CC)CC1CC. The van der Waals surface area contributed by atoms with Crippen molar-refractivity contribution in [1.29, 1.82) is 0 Å². The van der Waals surface area contributed by atoms with Crippen LogP contribution in [0, 0.1) is 17.8 Å². The molecule has 2 aliphatic rings. The molecule has 0 bridgehead atoms. The molecular weight excluding hydrogens is 340 g/mol. The highest BCUT2D eigenvalue weighted by Gasteiger charge is 2.41. The van der Waals surface area contributed by atoms with Crippen LogP contribution in [-0.4, -0.2) is 30.6 Å². The largest absolute Gasteiger partial charge is 0.459 e. The van der Waals surface area contributed by atoms with Gasteiger partial charge in [-0.3, -0.25) is 4.79 Å². The van der Waals surface area contributed by atoms with Gasteiger partial charge in [-0.2, -0.15) is 0 Å². The lowest BCUT2D eigenvalue weighted by Crippen LogP contribution is -2.37. The molecule has 0 aromatic rings. The van der Waals surface area contributed by atoms with Crippen molar-refractivity contribution in [2.24, 2.45) is 17.8 Å². The molecule has 2 fully saturated rings. The zero-order chi connectivity index (χ0) is 19.9. The third-order valence-electron chi connectivity index (χ3n) is 7.05. The zero-order valence-corrected chi connectivity index (χ0v) is 18.3. The van der Waals surface area contributed by atoms with Crippen LogP contribution in [0.3, 0.4) is 0 Å². The van der Waals surface area contributed by atoms with Gasteiger partial charge in [-0.05, 0) is 76.5 Å². The van der Waals surface area contributed by atoms with Crippen molar-refractivity contribution >= 4 is 5.97 Å².